The van der Waals surface area contributed by atoms with E-state index < -0.39 is 11.9 Å². The predicted molar refractivity (Wildman–Crippen MR) is 121 cm³/mol. The molecule has 3 rings (SSSR count). The smallest absolute Gasteiger partial charge is 0.325 e. The lowest BCUT2D eigenvalue weighted by Crippen LogP contribution is -2.30. The number of carbonyl (C=O) groups is 3. The molecule has 0 aromatic heterocycles. The Morgan fingerprint density at radius 2 is 1.41 bits per heavy atom. The summed E-state index contributed by atoms with van der Waals surface area (Å²) in [7, 11) is 1.57. The molecular weight excluding hydrogens is 432 g/mol. The van der Waals surface area contributed by atoms with Gasteiger partial charge in [-0.2, -0.15) is 0 Å². The molecule has 0 unspecified atom stereocenters. The van der Waals surface area contributed by atoms with Crippen molar-refractivity contribution in [1.82, 2.24) is 5.32 Å². The van der Waals surface area contributed by atoms with Gasteiger partial charge < -0.3 is 20.1 Å². The Hall–Kier alpha value is -3.84. The van der Waals surface area contributed by atoms with Gasteiger partial charge in [-0.15, -0.1) is 0 Å². The van der Waals surface area contributed by atoms with Gasteiger partial charge in [0.25, 0.3) is 11.8 Å². The topological polar surface area (TPSA) is 93.7 Å². The Kier molecular flexibility index (Phi) is 7.83. The van der Waals surface area contributed by atoms with Crippen molar-refractivity contribution in [3.63, 3.8) is 0 Å². The van der Waals surface area contributed by atoms with Crippen LogP contribution in [0.2, 0.25) is 5.02 Å². The van der Waals surface area contributed by atoms with E-state index in [9.17, 15) is 14.4 Å². The fraction of sp³-hybridized carbons (Fsp3) is 0.125. The summed E-state index contributed by atoms with van der Waals surface area (Å²) in [5.74, 6) is -0.533. The number of rotatable bonds is 8. The van der Waals surface area contributed by atoms with Crippen LogP contribution in [0, 0.1) is 0 Å². The second-order valence-electron chi connectivity index (χ2n) is 6.73. The Bertz CT molecular complexity index is 1080. The number of esters is 1. The highest BCUT2D eigenvalue weighted by atomic mass is 35.5. The molecule has 0 aliphatic carbocycles. The van der Waals surface area contributed by atoms with Gasteiger partial charge in [-0.3, -0.25) is 14.4 Å². The van der Waals surface area contributed by atoms with Crippen molar-refractivity contribution in [3.05, 3.63) is 94.5 Å². The Morgan fingerprint density at radius 1 is 0.812 bits per heavy atom. The van der Waals surface area contributed by atoms with Crippen LogP contribution in [0.3, 0.4) is 0 Å². The highest BCUT2D eigenvalue weighted by Crippen LogP contribution is 2.16. The van der Waals surface area contributed by atoms with Crippen LogP contribution >= 0.6 is 11.6 Å². The summed E-state index contributed by atoms with van der Waals surface area (Å²) in [6, 6.07) is 20.0. The van der Waals surface area contributed by atoms with Crippen molar-refractivity contribution in [1.29, 1.82) is 0 Å². The third kappa shape index (κ3) is 6.58. The molecule has 0 fully saturated rings. The molecule has 32 heavy (non-hydrogen) atoms. The van der Waals surface area contributed by atoms with Crippen LogP contribution in [0.1, 0.15) is 26.3 Å². The number of amides is 2. The lowest BCUT2D eigenvalue weighted by molar-refractivity contribution is -0.143. The average molecular weight is 453 g/mol. The van der Waals surface area contributed by atoms with E-state index in [0.29, 0.717) is 33.1 Å². The van der Waals surface area contributed by atoms with Gasteiger partial charge in [0, 0.05) is 21.8 Å². The van der Waals surface area contributed by atoms with Crippen molar-refractivity contribution >= 4 is 35.1 Å². The lowest BCUT2D eigenvalue weighted by Gasteiger charge is -2.08. The number of hydrogen-bond donors (Lipinski definition) is 2. The van der Waals surface area contributed by atoms with E-state index in [-0.39, 0.29) is 19.1 Å². The first-order chi connectivity index (χ1) is 15.4. The molecule has 0 bridgehead atoms. The summed E-state index contributed by atoms with van der Waals surface area (Å²) in [6.45, 7) is -0.236. The summed E-state index contributed by atoms with van der Waals surface area (Å²) in [6.07, 6.45) is 0. The molecule has 3 aromatic carbocycles. The zero-order chi connectivity index (χ0) is 22.9. The van der Waals surface area contributed by atoms with Crippen molar-refractivity contribution in [3.8, 4) is 5.75 Å². The van der Waals surface area contributed by atoms with E-state index in [4.69, 9.17) is 21.1 Å². The van der Waals surface area contributed by atoms with E-state index >= 15 is 0 Å². The number of carbonyl (C=O) groups excluding carboxylic acids is 3. The maximum atomic E-state index is 12.4. The van der Waals surface area contributed by atoms with Crippen LogP contribution < -0.4 is 15.4 Å². The Morgan fingerprint density at radius 3 is 2.03 bits per heavy atom. The minimum Gasteiger partial charge on any atom is -0.497 e. The van der Waals surface area contributed by atoms with E-state index in [2.05, 4.69) is 10.6 Å². The molecule has 0 aliphatic rings. The molecule has 0 atom stereocenters. The second kappa shape index (κ2) is 11.0. The standard InChI is InChI=1S/C24H21ClN2O5/c1-31-21-12-10-20(11-13-21)27-24(30)18-4-2-16(3-5-18)15-32-22(28)14-26-23(29)17-6-8-19(25)9-7-17/h2-13H,14-15H2,1H3,(H,26,29)(H,27,30). The van der Waals surface area contributed by atoms with Gasteiger partial charge in [0.15, 0.2) is 0 Å². The van der Waals surface area contributed by atoms with Gasteiger partial charge in [0.2, 0.25) is 0 Å². The van der Waals surface area contributed by atoms with Gasteiger partial charge in [0.1, 0.15) is 18.9 Å². The van der Waals surface area contributed by atoms with Crippen LogP contribution in [-0.4, -0.2) is 31.4 Å². The van der Waals surface area contributed by atoms with Gasteiger partial charge in [-0.1, -0.05) is 23.7 Å². The third-order valence-corrected chi connectivity index (χ3v) is 4.72. The minimum atomic E-state index is -0.575. The van der Waals surface area contributed by atoms with Crippen LogP contribution in [0.4, 0.5) is 5.69 Å². The number of anilines is 1. The predicted octanol–water partition coefficient (Wildman–Crippen LogP) is 4.07. The van der Waals surface area contributed by atoms with Crippen LogP contribution in [0.25, 0.3) is 0 Å². The van der Waals surface area contributed by atoms with Crippen LogP contribution in [0.15, 0.2) is 72.8 Å². The van der Waals surface area contributed by atoms with Crippen molar-refractivity contribution in [2.24, 2.45) is 0 Å². The number of methoxy groups -OCH3 is 1. The molecule has 7 nitrogen and oxygen atoms in total. The molecule has 2 N–H and O–H groups in total. The Balaban J connectivity index is 1.44. The zero-order valence-electron chi connectivity index (χ0n) is 17.3. The quantitative estimate of drug-likeness (QED) is 0.502. The number of benzene rings is 3. The first kappa shape index (κ1) is 22.8. The molecule has 0 saturated heterocycles. The monoisotopic (exact) mass is 452 g/mol. The zero-order valence-corrected chi connectivity index (χ0v) is 18.0. The van der Waals surface area contributed by atoms with Crippen molar-refractivity contribution in [2.45, 2.75) is 6.61 Å². The highest BCUT2D eigenvalue weighted by molar-refractivity contribution is 6.30. The van der Waals surface area contributed by atoms with Crippen LogP contribution in [-0.2, 0) is 16.1 Å². The van der Waals surface area contributed by atoms with Crippen molar-refractivity contribution in [2.75, 3.05) is 19.0 Å². The molecule has 0 spiro atoms. The van der Waals surface area contributed by atoms with Crippen molar-refractivity contribution < 1.29 is 23.9 Å². The first-order valence-electron chi connectivity index (χ1n) is 9.68. The largest absolute Gasteiger partial charge is 0.497 e. The average Bonchev–Trinajstić information content (AvgIpc) is 2.82. The number of nitrogens with one attached hydrogen (secondary N) is 2. The molecule has 164 valence electrons. The minimum absolute atomic E-state index is 0.0238. The maximum absolute atomic E-state index is 12.4. The molecule has 8 heteroatoms. The third-order valence-electron chi connectivity index (χ3n) is 4.46. The number of ether oxygens (including phenoxy) is 2. The van der Waals surface area contributed by atoms with Gasteiger partial charge in [0.05, 0.1) is 7.11 Å². The summed E-state index contributed by atoms with van der Waals surface area (Å²) < 4.78 is 10.3. The molecule has 0 saturated carbocycles. The maximum Gasteiger partial charge on any atom is 0.325 e. The van der Waals surface area contributed by atoms with Gasteiger partial charge in [-0.25, -0.2) is 0 Å². The van der Waals surface area contributed by atoms with E-state index in [1.165, 1.54) is 0 Å². The molecule has 2 amide bonds. The van der Waals surface area contributed by atoms with E-state index in [1.807, 2.05) is 0 Å². The summed E-state index contributed by atoms with van der Waals surface area (Å²) in [4.78, 5) is 36.2. The number of halogens is 1. The van der Waals surface area contributed by atoms with E-state index in [1.54, 1.807) is 79.9 Å². The molecular formula is C24H21ClN2O5. The summed E-state index contributed by atoms with van der Waals surface area (Å²) in [5, 5.41) is 5.81. The van der Waals surface area contributed by atoms with Gasteiger partial charge in [-0.05, 0) is 66.2 Å². The first-order valence-corrected chi connectivity index (χ1v) is 10.1. The second-order valence-corrected chi connectivity index (χ2v) is 7.17. The molecule has 3 aromatic rings. The van der Waals surface area contributed by atoms with Crippen LogP contribution in [0.5, 0.6) is 5.75 Å². The van der Waals surface area contributed by atoms with E-state index in [0.717, 1.165) is 0 Å². The fourth-order valence-electron chi connectivity index (χ4n) is 2.70. The molecule has 0 heterocycles. The fourth-order valence-corrected chi connectivity index (χ4v) is 2.83. The summed E-state index contributed by atoms with van der Waals surface area (Å²) >= 11 is 5.78. The normalized spacial score (nSPS) is 10.2. The highest BCUT2D eigenvalue weighted by Gasteiger charge is 2.10. The number of hydrogen-bond acceptors (Lipinski definition) is 5. The Labute approximate surface area is 190 Å². The lowest BCUT2D eigenvalue weighted by atomic mass is 10.1. The summed E-state index contributed by atoms with van der Waals surface area (Å²) in [5.41, 5.74) is 2.22. The SMILES string of the molecule is COc1ccc(NC(=O)c2ccc(COC(=O)CNC(=O)c3ccc(Cl)cc3)cc2)cc1. The molecule has 0 radical (unpaired) electrons. The van der Waals surface area contributed by atoms with Gasteiger partial charge >= 0.3 is 5.97 Å². The molecule has 0 aliphatic heterocycles.